The van der Waals surface area contributed by atoms with Crippen molar-refractivity contribution in [3.63, 3.8) is 0 Å². The van der Waals surface area contributed by atoms with E-state index in [1.807, 2.05) is 31.4 Å². The minimum atomic E-state index is 0.382. The molecule has 0 spiro atoms. The Morgan fingerprint density at radius 1 is 1.50 bits per heavy atom. The summed E-state index contributed by atoms with van der Waals surface area (Å²) in [6, 6.07) is 7.93. The van der Waals surface area contributed by atoms with Gasteiger partial charge in [0, 0.05) is 4.47 Å². The fourth-order valence-electron chi connectivity index (χ4n) is 1.70. The maximum absolute atomic E-state index is 9.10. The topological polar surface area (TPSA) is 67.6 Å². The van der Waals surface area contributed by atoms with Gasteiger partial charge in [-0.1, -0.05) is 15.9 Å². The van der Waals surface area contributed by atoms with Crippen LogP contribution in [-0.2, 0) is 0 Å². The van der Waals surface area contributed by atoms with Crippen LogP contribution in [0, 0.1) is 18.3 Å². The van der Waals surface area contributed by atoms with Crippen molar-refractivity contribution in [3.8, 4) is 11.8 Å². The van der Waals surface area contributed by atoms with Crippen molar-refractivity contribution >= 4 is 33.5 Å². The summed E-state index contributed by atoms with van der Waals surface area (Å²) >= 11 is 4.83. The number of aryl methyl sites for hydroxylation is 1. The van der Waals surface area contributed by atoms with Gasteiger partial charge in [0.1, 0.15) is 22.5 Å². The number of thioether (sulfide) groups is 1. The van der Waals surface area contributed by atoms with Crippen molar-refractivity contribution in [1.82, 2.24) is 9.78 Å². The highest BCUT2D eigenvalue weighted by atomic mass is 79.9. The Labute approximate surface area is 118 Å². The predicted octanol–water partition coefficient (Wildman–Crippen LogP) is 3.12. The van der Waals surface area contributed by atoms with Gasteiger partial charge in [0.05, 0.1) is 5.69 Å². The van der Waals surface area contributed by atoms with Crippen LogP contribution in [0.2, 0.25) is 0 Å². The third-order valence-corrected chi connectivity index (χ3v) is 3.75. The normalized spacial score (nSPS) is 10.3. The van der Waals surface area contributed by atoms with Crippen molar-refractivity contribution in [2.24, 2.45) is 0 Å². The number of anilines is 1. The summed E-state index contributed by atoms with van der Waals surface area (Å²) < 4.78 is 2.62. The van der Waals surface area contributed by atoms with Gasteiger partial charge in [-0.2, -0.15) is 10.4 Å². The fourth-order valence-corrected chi connectivity index (χ4v) is 2.69. The smallest absolute Gasteiger partial charge is 0.146 e. The zero-order chi connectivity index (χ0) is 13.3. The van der Waals surface area contributed by atoms with Gasteiger partial charge in [0.15, 0.2) is 0 Å². The van der Waals surface area contributed by atoms with E-state index in [4.69, 9.17) is 11.0 Å². The Hall–Kier alpha value is -1.45. The molecule has 0 aliphatic carbocycles. The second-order valence-electron chi connectivity index (χ2n) is 3.72. The summed E-state index contributed by atoms with van der Waals surface area (Å²) in [5.41, 5.74) is 8.34. The third-order valence-electron chi connectivity index (χ3n) is 2.58. The number of nitrogens with two attached hydrogens (primary N) is 1. The lowest BCUT2D eigenvalue weighted by Gasteiger charge is -2.07. The molecule has 0 saturated heterocycles. The Balaban J connectivity index is 2.65. The molecule has 0 aliphatic rings. The summed E-state index contributed by atoms with van der Waals surface area (Å²) in [7, 11) is 0. The van der Waals surface area contributed by atoms with Crippen LogP contribution in [0.1, 0.15) is 11.1 Å². The largest absolute Gasteiger partial charge is 0.382 e. The highest BCUT2D eigenvalue weighted by molar-refractivity contribution is 9.10. The first-order valence-electron chi connectivity index (χ1n) is 5.17. The van der Waals surface area contributed by atoms with Gasteiger partial charge in [0.25, 0.3) is 0 Å². The second kappa shape index (κ2) is 5.04. The number of benzene rings is 1. The molecule has 4 nitrogen and oxygen atoms in total. The molecule has 0 saturated carbocycles. The first-order chi connectivity index (χ1) is 8.58. The Bertz CT molecular complexity index is 642. The van der Waals surface area contributed by atoms with E-state index in [-0.39, 0.29) is 0 Å². The number of aromatic nitrogens is 2. The van der Waals surface area contributed by atoms with Gasteiger partial charge in [-0.3, -0.25) is 0 Å². The molecule has 2 aromatic rings. The van der Waals surface area contributed by atoms with E-state index < -0.39 is 0 Å². The van der Waals surface area contributed by atoms with Gasteiger partial charge in [-0.05, 0) is 36.9 Å². The maximum Gasteiger partial charge on any atom is 0.146 e. The monoisotopic (exact) mass is 322 g/mol. The number of hydrogen-bond acceptors (Lipinski definition) is 4. The number of hydrogen-bond donors (Lipinski definition) is 1. The van der Waals surface area contributed by atoms with E-state index >= 15 is 0 Å². The molecule has 92 valence electrons. The molecule has 0 radical (unpaired) electrons. The molecule has 0 bridgehead atoms. The van der Waals surface area contributed by atoms with Gasteiger partial charge >= 0.3 is 0 Å². The number of halogens is 1. The molecular weight excluding hydrogens is 312 g/mol. The lowest BCUT2D eigenvalue weighted by Crippen LogP contribution is -2.04. The van der Waals surface area contributed by atoms with E-state index in [0.717, 1.165) is 15.7 Å². The van der Waals surface area contributed by atoms with Crippen LogP contribution in [0.3, 0.4) is 0 Å². The van der Waals surface area contributed by atoms with E-state index in [1.54, 1.807) is 4.68 Å². The minimum absolute atomic E-state index is 0.382. The SMILES string of the molecule is CSc1nn(-c2ccc(Br)cc2C)c(N)c1C#N. The molecule has 1 heterocycles. The van der Waals surface area contributed by atoms with Crippen molar-refractivity contribution in [2.45, 2.75) is 11.9 Å². The van der Waals surface area contributed by atoms with Gasteiger partial charge in [0.2, 0.25) is 0 Å². The van der Waals surface area contributed by atoms with Crippen LogP contribution >= 0.6 is 27.7 Å². The molecule has 0 unspecified atom stereocenters. The summed E-state index contributed by atoms with van der Waals surface area (Å²) in [6.45, 7) is 1.98. The molecule has 2 N–H and O–H groups in total. The number of rotatable bonds is 2. The Kier molecular flexibility index (Phi) is 3.64. The van der Waals surface area contributed by atoms with E-state index in [1.165, 1.54) is 11.8 Å². The molecule has 1 aromatic heterocycles. The van der Waals surface area contributed by atoms with Crippen LogP contribution in [0.25, 0.3) is 5.69 Å². The van der Waals surface area contributed by atoms with Gasteiger partial charge < -0.3 is 5.73 Å². The van der Waals surface area contributed by atoms with E-state index in [0.29, 0.717) is 16.4 Å². The molecule has 0 amide bonds. The summed E-state index contributed by atoms with van der Waals surface area (Å²) in [4.78, 5) is 0. The first kappa shape index (κ1) is 13.0. The maximum atomic E-state index is 9.10. The fraction of sp³-hybridized carbons (Fsp3) is 0.167. The molecule has 1 aromatic carbocycles. The van der Waals surface area contributed by atoms with Crippen LogP contribution in [-0.4, -0.2) is 16.0 Å². The molecule has 0 fully saturated rings. The third kappa shape index (κ3) is 2.11. The quantitative estimate of drug-likeness (QED) is 0.862. The standard InChI is InChI=1S/C12H11BrN4S/c1-7-5-8(13)3-4-10(7)17-11(15)9(6-14)12(16-17)18-2/h3-5H,15H2,1-2H3. The molecule has 18 heavy (non-hydrogen) atoms. The predicted molar refractivity (Wildman–Crippen MR) is 76.9 cm³/mol. The molecule has 6 heteroatoms. The number of nitriles is 1. The van der Waals surface area contributed by atoms with Crippen molar-refractivity contribution in [2.75, 3.05) is 12.0 Å². The zero-order valence-corrected chi connectivity index (χ0v) is 12.3. The second-order valence-corrected chi connectivity index (χ2v) is 5.43. The minimum Gasteiger partial charge on any atom is -0.382 e. The van der Waals surface area contributed by atoms with Crippen molar-refractivity contribution in [3.05, 3.63) is 33.8 Å². The van der Waals surface area contributed by atoms with Crippen molar-refractivity contribution in [1.29, 1.82) is 5.26 Å². The first-order valence-corrected chi connectivity index (χ1v) is 7.19. The average molecular weight is 323 g/mol. The molecule has 0 aliphatic heterocycles. The molecule has 2 rings (SSSR count). The van der Waals surface area contributed by atoms with Crippen molar-refractivity contribution < 1.29 is 0 Å². The van der Waals surface area contributed by atoms with Crippen LogP contribution < -0.4 is 5.73 Å². The van der Waals surface area contributed by atoms with Crippen LogP contribution in [0.4, 0.5) is 5.82 Å². The van der Waals surface area contributed by atoms with Gasteiger partial charge in [-0.15, -0.1) is 11.8 Å². The highest BCUT2D eigenvalue weighted by Gasteiger charge is 2.16. The van der Waals surface area contributed by atoms with Crippen LogP contribution in [0.15, 0.2) is 27.7 Å². The van der Waals surface area contributed by atoms with Gasteiger partial charge in [-0.25, -0.2) is 4.68 Å². The lowest BCUT2D eigenvalue weighted by molar-refractivity contribution is 0.839. The summed E-state index contributed by atoms with van der Waals surface area (Å²) in [5, 5.41) is 14.1. The molecule has 0 atom stereocenters. The lowest BCUT2D eigenvalue weighted by atomic mass is 10.2. The summed E-state index contributed by atoms with van der Waals surface area (Å²) in [5.74, 6) is 0.382. The Morgan fingerprint density at radius 2 is 2.22 bits per heavy atom. The summed E-state index contributed by atoms with van der Waals surface area (Å²) in [6.07, 6.45) is 1.88. The highest BCUT2D eigenvalue weighted by Crippen LogP contribution is 2.28. The molecular formula is C12H11BrN4S. The van der Waals surface area contributed by atoms with E-state index in [2.05, 4.69) is 27.1 Å². The zero-order valence-electron chi connectivity index (χ0n) is 9.94. The Morgan fingerprint density at radius 3 is 2.72 bits per heavy atom. The van der Waals surface area contributed by atoms with Crippen LogP contribution in [0.5, 0.6) is 0 Å². The number of nitrogens with zero attached hydrogens (tertiary/aromatic N) is 3. The average Bonchev–Trinajstić information content (AvgIpc) is 2.66. The van der Waals surface area contributed by atoms with E-state index in [9.17, 15) is 0 Å². The number of nitrogen functional groups attached to an aromatic ring is 1.